The molecule has 3 N–H and O–H groups in total. The highest BCUT2D eigenvalue weighted by molar-refractivity contribution is 5.76. The Morgan fingerprint density at radius 3 is 2.83 bits per heavy atom. The van der Waals surface area contributed by atoms with Crippen LogP contribution in [0.4, 0.5) is 0 Å². The third-order valence-electron chi connectivity index (χ3n) is 4.10. The van der Waals surface area contributed by atoms with Crippen LogP contribution in [0.1, 0.15) is 32.1 Å². The van der Waals surface area contributed by atoms with Crippen LogP contribution in [0.3, 0.4) is 0 Å². The van der Waals surface area contributed by atoms with Gasteiger partial charge in [-0.15, -0.1) is 0 Å². The molecule has 2 rings (SSSR count). The molecule has 2 fully saturated rings. The van der Waals surface area contributed by atoms with Crippen LogP contribution in [0, 0.1) is 5.92 Å². The van der Waals surface area contributed by atoms with Gasteiger partial charge in [-0.2, -0.15) is 0 Å². The van der Waals surface area contributed by atoms with Gasteiger partial charge in [0.05, 0.1) is 12.1 Å². The van der Waals surface area contributed by atoms with E-state index in [4.69, 9.17) is 4.74 Å². The third kappa shape index (κ3) is 3.67. The smallest absolute Gasteiger partial charge is 0.220 e. The van der Waals surface area contributed by atoms with Gasteiger partial charge in [-0.05, 0) is 44.7 Å². The van der Waals surface area contributed by atoms with Crippen molar-refractivity contribution in [3.63, 3.8) is 0 Å². The van der Waals surface area contributed by atoms with Crippen molar-refractivity contribution in [2.75, 3.05) is 32.9 Å². The topological polar surface area (TPSA) is 70.6 Å². The molecule has 0 radical (unpaired) electrons. The molecule has 2 aliphatic heterocycles. The molecule has 0 aromatic rings. The summed E-state index contributed by atoms with van der Waals surface area (Å²) >= 11 is 0. The second-order valence-electron chi connectivity index (χ2n) is 5.50. The largest absolute Gasteiger partial charge is 0.394 e. The number of hydrogen-bond donors (Lipinski definition) is 3. The molecule has 0 saturated carbocycles. The molecule has 18 heavy (non-hydrogen) atoms. The van der Waals surface area contributed by atoms with E-state index in [0.717, 1.165) is 19.5 Å². The van der Waals surface area contributed by atoms with Crippen molar-refractivity contribution in [1.82, 2.24) is 10.6 Å². The molecule has 0 aliphatic carbocycles. The molecule has 1 amide bonds. The normalized spacial score (nSPS) is 27.1. The van der Waals surface area contributed by atoms with Crippen LogP contribution in [0.5, 0.6) is 0 Å². The Bertz CT molecular complexity index is 271. The van der Waals surface area contributed by atoms with Crippen molar-refractivity contribution in [3.8, 4) is 0 Å². The van der Waals surface area contributed by atoms with Gasteiger partial charge >= 0.3 is 0 Å². The Labute approximate surface area is 108 Å². The molecule has 1 atom stereocenters. The van der Waals surface area contributed by atoms with E-state index in [2.05, 4.69) is 10.6 Å². The van der Waals surface area contributed by atoms with Gasteiger partial charge in [0.2, 0.25) is 5.91 Å². The van der Waals surface area contributed by atoms with E-state index in [1.807, 2.05) is 0 Å². The Morgan fingerprint density at radius 2 is 2.22 bits per heavy atom. The fraction of sp³-hybridized carbons (Fsp3) is 0.923. The number of hydrogen-bond acceptors (Lipinski definition) is 4. The summed E-state index contributed by atoms with van der Waals surface area (Å²) < 4.78 is 5.28. The lowest BCUT2D eigenvalue weighted by atomic mass is 9.90. The van der Waals surface area contributed by atoms with Gasteiger partial charge < -0.3 is 20.5 Å². The minimum Gasteiger partial charge on any atom is -0.394 e. The Morgan fingerprint density at radius 1 is 1.44 bits per heavy atom. The second-order valence-corrected chi connectivity index (χ2v) is 5.50. The predicted molar refractivity (Wildman–Crippen MR) is 68.2 cm³/mol. The number of aliphatic hydroxyl groups is 1. The number of rotatable bonds is 5. The Kier molecular flexibility index (Phi) is 4.97. The zero-order valence-corrected chi connectivity index (χ0v) is 10.9. The molecule has 0 bridgehead atoms. The summed E-state index contributed by atoms with van der Waals surface area (Å²) in [5, 5.41) is 15.8. The molecule has 2 aliphatic rings. The van der Waals surface area contributed by atoms with Crippen molar-refractivity contribution < 1.29 is 14.6 Å². The molecule has 0 aromatic carbocycles. The second kappa shape index (κ2) is 6.50. The van der Waals surface area contributed by atoms with Crippen molar-refractivity contribution in [2.24, 2.45) is 5.92 Å². The minimum absolute atomic E-state index is 0.00703. The first-order valence-corrected chi connectivity index (χ1v) is 6.94. The van der Waals surface area contributed by atoms with Gasteiger partial charge in [-0.3, -0.25) is 4.79 Å². The molecule has 0 aromatic heterocycles. The van der Waals surface area contributed by atoms with Crippen LogP contribution in [0.25, 0.3) is 0 Å². The number of amides is 1. The van der Waals surface area contributed by atoms with Gasteiger partial charge in [0.1, 0.15) is 0 Å². The van der Waals surface area contributed by atoms with Crippen LogP contribution in [-0.2, 0) is 9.53 Å². The summed E-state index contributed by atoms with van der Waals surface area (Å²) in [5.41, 5.74) is -0.441. The van der Waals surface area contributed by atoms with Crippen molar-refractivity contribution in [3.05, 3.63) is 0 Å². The fourth-order valence-corrected chi connectivity index (χ4v) is 2.74. The number of carbonyl (C=O) groups excluding carboxylic acids is 1. The first-order valence-electron chi connectivity index (χ1n) is 6.94. The quantitative estimate of drug-likeness (QED) is 0.649. The lowest BCUT2D eigenvalue weighted by Crippen LogP contribution is -2.54. The average Bonchev–Trinajstić information content (AvgIpc) is 2.91. The van der Waals surface area contributed by atoms with Crippen LogP contribution in [-0.4, -0.2) is 49.5 Å². The van der Waals surface area contributed by atoms with Gasteiger partial charge in [0.25, 0.3) is 0 Å². The first kappa shape index (κ1) is 13.8. The van der Waals surface area contributed by atoms with Crippen molar-refractivity contribution in [1.29, 1.82) is 0 Å². The maximum absolute atomic E-state index is 11.9. The van der Waals surface area contributed by atoms with E-state index in [9.17, 15) is 9.90 Å². The number of ether oxygens (including phenoxy) is 1. The monoisotopic (exact) mass is 256 g/mol. The zero-order valence-electron chi connectivity index (χ0n) is 10.9. The first-order chi connectivity index (χ1) is 8.74. The minimum atomic E-state index is -0.441. The molecular weight excluding hydrogens is 232 g/mol. The number of carbonyl (C=O) groups is 1. The highest BCUT2D eigenvalue weighted by atomic mass is 16.5. The van der Waals surface area contributed by atoms with E-state index in [1.165, 1.54) is 6.42 Å². The Balaban J connectivity index is 1.74. The van der Waals surface area contributed by atoms with Crippen LogP contribution >= 0.6 is 0 Å². The molecule has 0 spiro atoms. The fourth-order valence-electron chi connectivity index (χ4n) is 2.74. The molecular formula is C13H24N2O3. The number of aliphatic hydroxyl groups excluding tert-OH is 1. The zero-order chi connectivity index (χ0) is 12.8. The SMILES string of the molecule is O=C(CCC1CCNC1)NC1(CO)CCOCC1. The van der Waals surface area contributed by atoms with E-state index in [0.29, 0.717) is 38.4 Å². The summed E-state index contributed by atoms with van der Waals surface area (Å²) in [6.45, 7) is 3.35. The average molecular weight is 256 g/mol. The summed E-state index contributed by atoms with van der Waals surface area (Å²) in [5.74, 6) is 0.702. The van der Waals surface area contributed by atoms with Crippen LogP contribution in [0.15, 0.2) is 0 Å². The third-order valence-corrected chi connectivity index (χ3v) is 4.10. The maximum Gasteiger partial charge on any atom is 0.220 e. The molecule has 1 unspecified atom stereocenters. The van der Waals surface area contributed by atoms with Gasteiger partial charge in [-0.25, -0.2) is 0 Å². The molecule has 2 saturated heterocycles. The summed E-state index contributed by atoms with van der Waals surface area (Å²) in [7, 11) is 0. The molecule has 104 valence electrons. The van der Waals surface area contributed by atoms with Gasteiger partial charge in [0, 0.05) is 19.6 Å². The van der Waals surface area contributed by atoms with E-state index < -0.39 is 5.54 Å². The van der Waals surface area contributed by atoms with Gasteiger partial charge in [0.15, 0.2) is 0 Å². The van der Waals surface area contributed by atoms with Crippen molar-refractivity contribution >= 4 is 5.91 Å². The lowest BCUT2D eigenvalue weighted by molar-refractivity contribution is -0.125. The predicted octanol–water partition coefficient (Wildman–Crippen LogP) is 0.0338. The van der Waals surface area contributed by atoms with Gasteiger partial charge in [-0.1, -0.05) is 0 Å². The highest BCUT2D eigenvalue weighted by Crippen LogP contribution is 2.21. The molecule has 2 heterocycles. The van der Waals surface area contributed by atoms with Crippen molar-refractivity contribution in [2.45, 2.75) is 37.6 Å². The highest BCUT2D eigenvalue weighted by Gasteiger charge is 2.33. The van der Waals surface area contributed by atoms with Crippen LogP contribution in [0.2, 0.25) is 0 Å². The molecule has 5 nitrogen and oxygen atoms in total. The Hall–Kier alpha value is -0.650. The standard InChI is InChI=1S/C13H24N2O3/c16-10-13(4-7-18-8-5-13)15-12(17)2-1-11-3-6-14-9-11/h11,14,16H,1-10H2,(H,15,17). The lowest BCUT2D eigenvalue weighted by Gasteiger charge is -2.36. The van der Waals surface area contributed by atoms with E-state index in [-0.39, 0.29) is 12.5 Å². The summed E-state index contributed by atoms with van der Waals surface area (Å²) in [4.78, 5) is 11.9. The summed E-state index contributed by atoms with van der Waals surface area (Å²) in [6.07, 6.45) is 4.10. The van der Waals surface area contributed by atoms with E-state index >= 15 is 0 Å². The van der Waals surface area contributed by atoms with Crippen LogP contribution < -0.4 is 10.6 Å². The molecule has 5 heteroatoms. The summed E-state index contributed by atoms with van der Waals surface area (Å²) in [6, 6.07) is 0. The van der Waals surface area contributed by atoms with E-state index in [1.54, 1.807) is 0 Å². The maximum atomic E-state index is 11.9. The number of nitrogens with one attached hydrogen (secondary N) is 2.